The van der Waals surface area contributed by atoms with E-state index in [2.05, 4.69) is 6.58 Å². The number of aryl methyl sites for hydroxylation is 1. The van der Waals surface area contributed by atoms with Gasteiger partial charge in [0, 0.05) is 5.56 Å². The maximum atomic E-state index is 12.9. The third-order valence-electron chi connectivity index (χ3n) is 4.62. The van der Waals surface area contributed by atoms with E-state index in [9.17, 15) is 9.59 Å². The molecule has 0 aromatic heterocycles. The fraction of sp³-hybridized carbons (Fsp3) is 0.250. The van der Waals surface area contributed by atoms with Gasteiger partial charge in [0.05, 0.1) is 25.2 Å². The van der Waals surface area contributed by atoms with Crippen molar-refractivity contribution in [2.75, 3.05) is 13.7 Å². The number of nitrogens with zero attached hydrogens (tertiary/aromatic N) is 1. The van der Waals surface area contributed by atoms with Crippen molar-refractivity contribution in [3.8, 4) is 11.5 Å². The summed E-state index contributed by atoms with van der Waals surface area (Å²) in [6.45, 7) is 8.43. The van der Waals surface area contributed by atoms with Crippen LogP contribution in [0.2, 0.25) is 0 Å². The Morgan fingerprint density at radius 2 is 2.00 bits per heavy atom. The van der Waals surface area contributed by atoms with Crippen molar-refractivity contribution in [2.24, 2.45) is 0 Å². The van der Waals surface area contributed by atoms with Gasteiger partial charge in [-0.05, 0) is 61.4 Å². The molecule has 0 atom stereocenters. The molecule has 2 amide bonds. The van der Waals surface area contributed by atoms with Gasteiger partial charge in [0.1, 0.15) is 0 Å². The molecule has 30 heavy (non-hydrogen) atoms. The van der Waals surface area contributed by atoms with Gasteiger partial charge in [0.25, 0.3) is 11.1 Å². The van der Waals surface area contributed by atoms with Gasteiger partial charge in [-0.3, -0.25) is 14.5 Å². The third-order valence-corrected chi connectivity index (χ3v) is 5.52. The molecule has 0 saturated carbocycles. The molecular formula is C24H25NO4S. The lowest BCUT2D eigenvalue weighted by atomic mass is 10.0. The van der Waals surface area contributed by atoms with Crippen LogP contribution < -0.4 is 9.47 Å². The molecule has 2 aromatic rings. The second kappa shape index (κ2) is 9.67. The van der Waals surface area contributed by atoms with E-state index in [0.717, 1.165) is 34.0 Å². The van der Waals surface area contributed by atoms with Gasteiger partial charge in [-0.15, -0.1) is 6.58 Å². The number of carbonyl (C=O) groups excluding carboxylic acids is 2. The molecule has 1 aliphatic heterocycles. The lowest BCUT2D eigenvalue weighted by Crippen LogP contribution is -2.27. The van der Waals surface area contributed by atoms with Gasteiger partial charge in [0.2, 0.25) is 0 Å². The van der Waals surface area contributed by atoms with E-state index in [4.69, 9.17) is 9.47 Å². The predicted molar refractivity (Wildman–Crippen MR) is 121 cm³/mol. The number of thioether (sulfide) groups is 1. The lowest BCUT2D eigenvalue weighted by Gasteiger charge is -2.15. The average Bonchev–Trinajstić information content (AvgIpc) is 2.96. The van der Waals surface area contributed by atoms with Crippen LogP contribution in [0.5, 0.6) is 11.5 Å². The van der Waals surface area contributed by atoms with E-state index < -0.39 is 0 Å². The van der Waals surface area contributed by atoms with E-state index in [0.29, 0.717) is 29.4 Å². The van der Waals surface area contributed by atoms with E-state index in [1.807, 2.05) is 50.2 Å². The van der Waals surface area contributed by atoms with Gasteiger partial charge in [-0.25, -0.2) is 0 Å². The maximum absolute atomic E-state index is 12.9. The molecule has 1 fully saturated rings. The Hall–Kier alpha value is -2.99. The number of hydrogen-bond donors (Lipinski definition) is 0. The summed E-state index contributed by atoms with van der Waals surface area (Å²) in [6, 6.07) is 11.6. The Balaban J connectivity index is 1.91. The Kier molecular flexibility index (Phi) is 7.00. The summed E-state index contributed by atoms with van der Waals surface area (Å²) in [5.74, 6) is 0.969. The largest absolute Gasteiger partial charge is 0.493 e. The molecule has 1 heterocycles. The van der Waals surface area contributed by atoms with Gasteiger partial charge in [-0.1, -0.05) is 35.9 Å². The highest BCUT2D eigenvalue weighted by Gasteiger charge is 2.35. The quantitative estimate of drug-likeness (QED) is 0.422. The van der Waals surface area contributed by atoms with Crippen LogP contribution in [0.4, 0.5) is 4.79 Å². The van der Waals surface area contributed by atoms with Crippen molar-refractivity contribution in [1.29, 1.82) is 0 Å². The normalized spacial score (nSPS) is 15.0. The first-order valence-electron chi connectivity index (χ1n) is 9.72. The monoisotopic (exact) mass is 423 g/mol. The van der Waals surface area contributed by atoms with Crippen LogP contribution in [0.3, 0.4) is 0 Å². The molecular weight excluding hydrogens is 398 g/mol. The van der Waals surface area contributed by atoms with Crippen LogP contribution in [0.25, 0.3) is 6.08 Å². The zero-order valence-electron chi connectivity index (χ0n) is 17.4. The summed E-state index contributed by atoms with van der Waals surface area (Å²) in [5, 5.41) is -0.266. The van der Waals surface area contributed by atoms with Gasteiger partial charge < -0.3 is 9.47 Å². The molecule has 0 N–H and O–H groups in total. The number of imide groups is 1. The van der Waals surface area contributed by atoms with Crippen molar-refractivity contribution in [2.45, 2.75) is 26.8 Å². The Labute approximate surface area is 181 Å². The molecule has 0 radical (unpaired) electrons. The van der Waals surface area contributed by atoms with Crippen LogP contribution in [0.1, 0.15) is 29.2 Å². The number of carbonyl (C=O) groups is 2. The van der Waals surface area contributed by atoms with Crippen molar-refractivity contribution in [3.63, 3.8) is 0 Å². The smallest absolute Gasteiger partial charge is 0.293 e. The average molecular weight is 424 g/mol. The van der Waals surface area contributed by atoms with E-state index in [-0.39, 0.29) is 17.7 Å². The highest BCUT2D eigenvalue weighted by molar-refractivity contribution is 8.18. The SMILES string of the molecule is C=CCc1cc(/C=C2\SC(=O)N(Cc3cccc(C)c3)C2=O)cc(OCC)c1OC. The fourth-order valence-corrected chi connectivity index (χ4v) is 4.19. The van der Waals surface area contributed by atoms with Crippen molar-refractivity contribution < 1.29 is 19.1 Å². The minimum absolute atomic E-state index is 0.262. The van der Waals surface area contributed by atoms with Gasteiger partial charge in [0.15, 0.2) is 11.5 Å². The van der Waals surface area contributed by atoms with Gasteiger partial charge >= 0.3 is 0 Å². The van der Waals surface area contributed by atoms with Crippen molar-refractivity contribution >= 4 is 29.0 Å². The molecule has 2 aromatic carbocycles. The minimum atomic E-state index is -0.287. The van der Waals surface area contributed by atoms with E-state index in [1.165, 1.54) is 4.90 Å². The lowest BCUT2D eigenvalue weighted by molar-refractivity contribution is -0.123. The molecule has 1 saturated heterocycles. The number of amides is 2. The zero-order valence-corrected chi connectivity index (χ0v) is 18.3. The molecule has 0 unspecified atom stereocenters. The Morgan fingerprint density at radius 3 is 2.67 bits per heavy atom. The van der Waals surface area contributed by atoms with E-state index >= 15 is 0 Å². The first kappa shape index (κ1) is 21.7. The molecule has 6 heteroatoms. The molecule has 5 nitrogen and oxygen atoms in total. The topological polar surface area (TPSA) is 55.8 Å². The fourth-order valence-electron chi connectivity index (χ4n) is 3.35. The van der Waals surface area contributed by atoms with Crippen LogP contribution >= 0.6 is 11.8 Å². The molecule has 0 bridgehead atoms. The second-order valence-corrected chi connectivity index (χ2v) is 7.89. The predicted octanol–water partition coefficient (Wildman–Crippen LogP) is 5.37. The number of allylic oxidation sites excluding steroid dienone is 1. The second-order valence-electron chi connectivity index (χ2n) is 6.89. The highest BCUT2D eigenvalue weighted by Crippen LogP contribution is 2.37. The molecule has 3 rings (SSSR count). The summed E-state index contributed by atoms with van der Waals surface area (Å²) < 4.78 is 11.2. The number of ether oxygens (including phenoxy) is 2. The summed E-state index contributed by atoms with van der Waals surface area (Å²) >= 11 is 0.955. The molecule has 156 valence electrons. The number of hydrogen-bond acceptors (Lipinski definition) is 5. The molecule has 0 spiro atoms. The third kappa shape index (κ3) is 4.76. The van der Waals surface area contributed by atoms with Crippen LogP contribution in [-0.4, -0.2) is 29.8 Å². The van der Waals surface area contributed by atoms with Gasteiger partial charge in [-0.2, -0.15) is 0 Å². The number of benzene rings is 2. The summed E-state index contributed by atoms with van der Waals surface area (Å²) in [4.78, 5) is 27.1. The number of methoxy groups -OCH3 is 1. The first-order valence-corrected chi connectivity index (χ1v) is 10.5. The maximum Gasteiger partial charge on any atom is 0.293 e. The van der Waals surface area contributed by atoms with E-state index in [1.54, 1.807) is 19.3 Å². The number of rotatable bonds is 8. The summed E-state index contributed by atoms with van der Waals surface area (Å²) in [6.07, 6.45) is 4.11. The van der Waals surface area contributed by atoms with Crippen LogP contribution in [0, 0.1) is 6.92 Å². The molecule has 1 aliphatic rings. The van der Waals surface area contributed by atoms with Crippen molar-refractivity contribution in [3.05, 3.63) is 76.2 Å². The van der Waals surface area contributed by atoms with Crippen LogP contribution in [-0.2, 0) is 17.8 Å². The minimum Gasteiger partial charge on any atom is -0.493 e. The zero-order chi connectivity index (χ0) is 21.7. The summed E-state index contributed by atoms with van der Waals surface area (Å²) in [7, 11) is 1.60. The van der Waals surface area contributed by atoms with Crippen LogP contribution in [0.15, 0.2) is 54.0 Å². The molecule has 0 aliphatic carbocycles. The van der Waals surface area contributed by atoms with Crippen molar-refractivity contribution in [1.82, 2.24) is 4.90 Å². The first-order chi connectivity index (χ1) is 14.5. The standard InChI is InChI=1S/C24H25NO4S/c1-5-8-19-12-18(13-20(29-6-2)22(19)28-4)14-21-23(26)25(24(27)30-21)15-17-10-7-9-16(3)11-17/h5,7,9-14H,1,6,8,15H2,2-4H3/b21-14-. The summed E-state index contributed by atoms with van der Waals surface area (Å²) in [5.41, 5.74) is 3.70. The Bertz CT molecular complexity index is 1010. The highest BCUT2D eigenvalue weighted by atomic mass is 32.2. The Morgan fingerprint density at radius 1 is 1.20 bits per heavy atom.